The fourth-order valence-corrected chi connectivity index (χ4v) is 3.87. The van der Waals surface area contributed by atoms with Crippen molar-refractivity contribution in [2.45, 2.75) is 30.7 Å². The Hall–Kier alpha value is -2.92. The summed E-state index contributed by atoms with van der Waals surface area (Å²) in [5.74, 6) is 0.249. The fraction of sp³-hybridized carbons (Fsp3) is 0.235. The largest absolute Gasteiger partial charge is 0.416 e. The predicted molar refractivity (Wildman–Crippen MR) is 107 cm³/mol. The summed E-state index contributed by atoms with van der Waals surface area (Å²) in [4.78, 5) is 33.5. The SMILES string of the molecule is Cc1nc(Cc2nnc(SC(C)C(=O)Nc3ccc4[nH]c(=O)[nH]c4c3)o2)cs1. The van der Waals surface area contributed by atoms with E-state index < -0.39 is 5.25 Å². The van der Waals surface area contributed by atoms with Gasteiger partial charge < -0.3 is 19.7 Å². The van der Waals surface area contributed by atoms with Crippen LogP contribution in [-0.2, 0) is 11.2 Å². The molecule has 0 spiro atoms. The Kier molecular flexibility index (Phi) is 5.01. The second kappa shape index (κ2) is 7.60. The van der Waals surface area contributed by atoms with E-state index in [4.69, 9.17) is 4.42 Å². The quantitative estimate of drug-likeness (QED) is 0.412. The molecule has 1 aromatic carbocycles. The zero-order valence-corrected chi connectivity index (χ0v) is 16.6. The molecule has 144 valence electrons. The van der Waals surface area contributed by atoms with Gasteiger partial charge in [0.15, 0.2) is 0 Å². The summed E-state index contributed by atoms with van der Waals surface area (Å²) < 4.78 is 5.61. The number of carbonyl (C=O) groups excluding carboxylic acids is 1. The van der Waals surface area contributed by atoms with Gasteiger partial charge in [0.25, 0.3) is 5.22 Å². The van der Waals surface area contributed by atoms with E-state index in [1.807, 2.05) is 12.3 Å². The van der Waals surface area contributed by atoms with E-state index in [1.54, 1.807) is 36.5 Å². The summed E-state index contributed by atoms with van der Waals surface area (Å²) in [5.41, 5.74) is 2.49. The first-order valence-electron chi connectivity index (χ1n) is 8.39. The molecule has 0 fully saturated rings. The Balaban J connectivity index is 1.37. The summed E-state index contributed by atoms with van der Waals surface area (Å²) in [6.45, 7) is 3.69. The molecule has 0 bridgehead atoms. The molecule has 3 heterocycles. The zero-order chi connectivity index (χ0) is 19.7. The van der Waals surface area contributed by atoms with Crippen molar-refractivity contribution < 1.29 is 9.21 Å². The summed E-state index contributed by atoms with van der Waals surface area (Å²) in [7, 11) is 0. The Morgan fingerprint density at radius 1 is 1.32 bits per heavy atom. The number of nitrogens with one attached hydrogen (secondary N) is 3. The second-order valence-electron chi connectivity index (χ2n) is 6.09. The Bertz CT molecular complexity index is 1190. The molecular formula is C17H16N6O3S2. The first-order valence-corrected chi connectivity index (χ1v) is 10.1. The van der Waals surface area contributed by atoms with E-state index in [0.717, 1.165) is 10.7 Å². The number of amides is 1. The molecule has 0 saturated carbocycles. The van der Waals surface area contributed by atoms with Crippen molar-refractivity contribution in [1.29, 1.82) is 0 Å². The van der Waals surface area contributed by atoms with Crippen LogP contribution in [0.2, 0.25) is 0 Å². The lowest BCUT2D eigenvalue weighted by molar-refractivity contribution is -0.115. The Morgan fingerprint density at radius 3 is 2.93 bits per heavy atom. The van der Waals surface area contributed by atoms with Gasteiger partial charge in [-0.3, -0.25) is 4.79 Å². The maximum absolute atomic E-state index is 12.4. The summed E-state index contributed by atoms with van der Waals surface area (Å²) in [5, 5.41) is 13.6. The molecule has 3 aromatic heterocycles. The molecule has 1 amide bonds. The van der Waals surface area contributed by atoms with Crippen molar-refractivity contribution in [1.82, 2.24) is 25.1 Å². The van der Waals surface area contributed by atoms with E-state index in [-0.39, 0.29) is 11.6 Å². The van der Waals surface area contributed by atoms with Crippen LogP contribution in [-0.4, -0.2) is 36.3 Å². The van der Waals surface area contributed by atoms with Crippen molar-refractivity contribution in [2.24, 2.45) is 0 Å². The van der Waals surface area contributed by atoms with Crippen LogP contribution in [0.5, 0.6) is 0 Å². The number of imidazole rings is 1. The topological polar surface area (TPSA) is 130 Å². The smallest absolute Gasteiger partial charge is 0.323 e. The summed E-state index contributed by atoms with van der Waals surface area (Å²) >= 11 is 2.75. The van der Waals surface area contributed by atoms with Gasteiger partial charge in [-0.2, -0.15) is 0 Å². The van der Waals surface area contributed by atoms with Crippen LogP contribution in [0.3, 0.4) is 0 Å². The highest BCUT2D eigenvalue weighted by atomic mass is 32.2. The van der Waals surface area contributed by atoms with E-state index in [0.29, 0.717) is 34.3 Å². The maximum atomic E-state index is 12.4. The zero-order valence-electron chi connectivity index (χ0n) is 15.0. The molecule has 4 rings (SSSR count). The van der Waals surface area contributed by atoms with Gasteiger partial charge in [-0.1, -0.05) is 11.8 Å². The van der Waals surface area contributed by atoms with Gasteiger partial charge in [-0.05, 0) is 32.0 Å². The number of nitrogens with zero attached hydrogens (tertiary/aromatic N) is 3. The first-order chi connectivity index (χ1) is 13.5. The fourth-order valence-electron chi connectivity index (χ4n) is 2.56. The molecule has 3 N–H and O–H groups in total. The number of fused-ring (bicyclic) bond motifs is 1. The number of carbonyl (C=O) groups is 1. The number of thioether (sulfide) groups is 1. The maximum Gasteiger partial charge on any atom is 0.323 e. The van der Waals surface area contributed by atoms with Gasteiger partial charge in [0, 0.05) is 11.1 Å². The van der Waals surface area contributed by atoms with Crippen molar-refractivity contribution in [2.75, 3.05) is 5.32 Å². The third-order valence-corrected chi connectivity index (χ3v) is 5.63. The molecule has 11 heteroatoms. The van der Waals surface area contributed by atoms with E-state index in [2.05, 4.69) is 30.5 Å². The number of hydrogen-bond donors (Lipinski definition) is 3. The van der Waals surface area contributed by atoms with E-state index in [1.165, 1.54) is 11.8 Å². The predicted octanol–water partition coefficient (Wildman–Crippen LogP) is 2.71. The van der Waals surface area contributed by atoms with Gasteiger partial charge in [0.1, 0.15) is 0 Å². The van der Waals surface area contributed by atoms with E-state index in [9.17, 15) is 9.59 Å². The van der Waals surface area contributed by atoms with Crippen LogP contribution in [0.4, 0.5) is 5.69 Å². The number of anilines is 1. The van der Waals surface area contributed by atoms with Gasteiger partial charge in [-0.25, -0.2) is 9.78 Å². The van der Waals surface area contributed by atoms with Crippen LogP contribution >= 0.6 is 23.1 Å². The minimum Gasteiger partial charge on any atom is -0.416 e. The van der Waals surface area contributed by atoms with Gasteiger partial charge >= 0.3 is 5.69 Å². The van der Waals surface area contributed by atoms with Crippen LogP contribution in [0.15, 0.2) is 38.0 Å². The van der Waals surface area contributed by atoms with Crippen LogP contribution in [0, 0.1) is 6.92 Å². The van der Waals surface area contributed by atoms with Crippen molar-refractivity contribution >= 4 is 45.7 Å². The Labute approximate surface area is 167 Å². The summed E-state index contributed by atoms with van der Waals surface area (Å²) in [6.07, 6.45) is 0.466. The van der Waals surface area contributed by atoms with Crippen molar-refractivity contribution in [3.63, 3.8) is 0 Å². The van der Waals surface area contributed by atoms with Crippen LogP contribution in [0.1, 0.15) is 23.5 Å². The van der Waals surface area contributed by atoms with Gasteiger partial charge in [0.05, 0.1) is 33.4 Å². The molecule has 4 aromatic rings. The third-order valence-electron chi connectivity index (χ3n) is 3.88. The molecule has 0 radical (unpaired) electrons. The highest BCUT2D eigenvalue weighted by molar-refractivity contribution is 8.00. The molecule has 9 nitrogen and oxygen atoms in total. The highest BCUT2D eigenvalue weighted by Crippen LogP contribution is 2.24. The number of thiazole rings is 1. The van der Waals surface area contributed by atoms with Crippen LogP contribution < -0.4 is 11.0 Å². The molecule has 28 heavy (non-hydrogen) atoms. The van der Waals surface area contributed by atoms with E-state index >= 15 is 0 Å². The summed E-state index contributed by atoms with van der Waals surface area (Å²) in [6, 6.07) is 5.15. The average molecular weight is 416 g/mol. The average Bonchev–Trinajstić information content (AvgIpc) is 3.35. The van der Waals surface area contributed by atoms with Crippen LogP contribution in [0.25, 0.3) is 11.0 Å². The van der Waals surface area contributed by atoms with Crippen molar-refractivity contribution in [3.05, 3.63) is 50.7 Å². The lowest BCUT2D eigenvalue weighted by atomic mass is 10.2. The lowest BCUT2D eigenvalue weighted by Gasteiger charge is -2.09. The number of aromatic amines is 2. The number of rotatable bonds is 6. The monoisotopic (exact) mass is 416 g/mol. The first kappa shape index (κ1) is 18.4. The second-order valence-corrected chi connectivity index (χ2v) is 8.44. The number of aryl methyl sites for hydroxylation is 1. The number of benzene rings is 1. The van der Waals surface area contributed by atoms with Crippen molar-refractivity contribution in [3.8, 4) is 0 Å². The standard InChI is InChI=1S/C17H16N6O3S2/c1-8(15(24)19-10-3-4-12-13(5-10)21-16(25)20-12)28-17-23-22-14(26-17)6-11-7-27-9(2)18-11/h3-5,7-8H,6H2,1-2H3,(H,19,24)(H2,20,21,25). The minimum absolute atomic E-state index is 0.211. The number of H-pyrrole nitrogens is 2. The number of aromatic nitrogens is 5. The molecular weight excluding hydrogens is 400 g/mol. The minimum atomic E-state index is -0.448. The molecule has 0 saturated heterocycles. The molecule has 0 aliphatic carbocycles. The number of hydrogen-bond acceptors (Lipinski definition) is 8. The normalized spacial score (nSPS) is 12.4. The molecule has 1 atom stereocenters. The third kappa shape index (κ3) is 4.15. The highest BCUT2D eigenvalue weighted by Gasteiger charge is 2.19. The van der Waals surface area contributed by atoms with Gasteiger partial charge in [0.2, 0.25) is 11.8 Å². The molecule has 1 unspecified atom stereocenters. The Morgan fingerprint density at radius 2 is 2.14 bits per heavy atom. The molecule has 0 aliphatic rings. The van der Waals surface area contributed by atoms with Gasteiger partial charge in [-0.15, -0.1) is 21.5 Å². The molecule has 0 aliphatic heterocycles. The lowest BCUT2D eigenvalue weighted by Crippen LogP contribution is -2.22.